The molecule has 10 heteroatoms. The number of rotatable bonds is 8. The number of nitrogens with zero attached hydrogens (tertiary/aromatic N) is 5. The maximum absolute atomic E-state index is 12.9. The van der Waals surface area contributed by atoms with Gasteiger partial charge < -0.3 is 24.8 Å². The van der Waals surface area contributed by atoms with Gasteiger partial charge in [-0.2, -0.15) is 0 Å². The maximum Gasteiger partial charge on any atom is 0.410 e. The van der Waals surface area contributed by atoms with Crippen LogP contribution in [0.3, 0.4) is 0 Å². The standard InChI is InChI=1S/C23H35N3O2S.C18H27N3S/c1-15-8-10-19(26(13-15)22(27)28-23(3,4)5)17-9-11-20-18(12-17)24-21(29-20)16(2)14-25(6)7;1-12-5-7-15(19-10-12)14-6-8-17-16(9-14)20-18(22-17)13(2)11-21(3)4/h9,11-12,15-16,19H,8,10,13-14H2,1-7H3;6,8-9,12-13,15,19H,5,7,10-11H2,1-4H3/t15-,16-,19+;12-,13?,15+/m00/s1. The zero-order valence-electron chi connectivity index (χ0n) is 33.0. The summed E-state index contributed by atoms with van der Waals surface area (Å²) >= 11 is 3.62. The van der Waals surface area contributed by atoms with Crippen molar-refractivity contribution in [2.24, 2.45) is 11.8 Å². The highest BCUT2D eigenvalue weighted by atomic mass is 32.1. The predicted molar refractivity (Wildman–Crippen MR) is 216 cm³/mol. The molecule has 1 unspecified atom stereocenters. The highest BCUT2D eigenvalue weighted by molar-refractivity contribution is 7.19. The minimum atomic E-state index is -0.487. The first-order chi connectivity index (χ1) is 24.1. The Balaban J connectivity index is 0.000000205. The largest absolute Gasteiger partial charge is 0.444 e. The highest BCUT2D eigenvalue weighted by Gasteiger charge is 2.34. The van der Waals surface area contributed by atoms with Crippen molar-refractivity contribution in [2.45, 2.75) is 104 Å². The molecule has 0 saturated carbocycles. The average Bonchev–Trinajstić information content (AvgIpc) is 3.68. The highest BCUT2D eigenvalue weighted by Crippen LogP contribution is 2.37. The molecule has 0 aliphatic carbocycles. The van der Waals surface area contributed by atoms with Gasteiger partial charge in [0.2, 0.25) is 0 Å². The summed E-state index contributed by atoms with van der Waals surface area (Å²) in [4.78, 5) is 29.1. The van der Waals surface area contributed by atoms with Crippen LogP contribution in [0.1, 0.15) is 119 Å². The monoisotopic (exact) mass is 734 g/mol. The molecule has 6 atom stereocenters. The molecule has 8 nitrogen and oxygen atoms in total. The number of ether oxygens (including phenoxy) is 1. The molecule has 2 aliphatic rings. The molecule has 0 radical (unpaired) electrons. The first-order valence-electron chi connectivity index (χ1n) is 18.9. The predicted octanol–water partition coefficient (Wildman–Crippen LogP) is 9.69. The molecule has 4 heterocycles. The van der Waals surface area contributed by atoms with Gasteiger partial charge in [-0.3, -0.25) is 0 Å². The van der Waals surface area contributed by atoms with Crippen molar-refractivity contribution in [3.8, 4) is 0 Å². The molecule has 2 aromatic carbocycles. The van der Waals surface area contributed by atoms with Crippen molar-refractivity contribution in [1.29, 1.82) is 0 Å². The van der Waals surface area contributed by atoms with E-state index >= 15 is 0 Å². The van der Waals surface area contributed by atoms with Crippen LogP contribution in [0, 0.1) is 11.8 Å². The summed E-state index contributed by atoms with van der Waals surface area (Å²) in [7, 11) is 8.43. The van der Waals surface area contributed by atoms with Crippen LogP contribution in [0.2, 0.25) is 0 Å². The van der Waals surface area contributed by atoms with E-state index < -0.39 is 5.60 Å². The fraction of sp³-hybridized carbons (Fsp3) is 0.634. The number of fused-ring (bicyclic) bond motifs is 2. The maximum atomic E-state index is 12.9. The van der Waals surface area contributed by atoms with Gasteiger partial charge in [0.25, 0.3) is 0 Å². The van der Waals surface area contributed by atoms with Crippen LogP contribution in [0.25, 0.3) is 20.4 Å². The Morgan fingerprint density at radius 2 is 1.37 bits per heavy atom. The molecule has 0 bridgehead atoms. The number of aromatic nitrogens is 2. The van der Waals surface area contributed by atoms with Gasteiger partial charge in [0.1, 0.15) is 5.60 Å². The topological polar surface area (TPSA) is 73.8 Å². The summed E-state index contributed by atoms with van der Waals surface area (Å²) in [6.45, 7) is 18.7. The Kier molecular flexibility index (Phi) is 13.2. The third kappa shape index (κ3) is 10.7. The summed E-state index contributed by atoms with van der Waals surface area (Å²) in [5, 5.41) is 6.10. The van der Waals surface area contributed by atoms with Gasteiger partial charge in [0.15, 0.2) is 0 Å². The van der Waals surface area contributed by atoms with Gasteiger partial charge in [0.05, 0.1) is 36.5 Å². The molecule has 1 N–H and O–H groups in total. The number of hydrogen-bond acceptors (Lipinski definition) is 9. The number of benzene rings is 2. The first kappa shape index (κ1) is 39.6. The van der Waals surface area contributed by atoms with E-state index in [0.717, 1.165) is 56.0 Å². The molecule has 2 fully saturated rings. The molecular formula is C41H62N6O2S2. The minimum absolute atomic E-state index is 0.0507. The second-order valence-electron chi connectivity index (χ2n) is 16.9. The molecular weight excluding hydrogens is 673 g/mol. The zero-order valence-corrected chi connectivity index (χ0v) is 34.6. The Labute approximate surface area is 315 Å². The van der Waals surface area contributed by atoms with E-state index in [-0.39, 0.29) is 12.1 Å². The number of likely N-dealkylation sites (tertiary alicyclic amines) is 1. The van der Waals surface area contributed by atoms with E-state index in [0.29, 0.717) is 23.8 Å². The second kappa shape index (κ2) is 17.0. The van der Waals surface area contributed by atoms with Crippen LogP contribution >= 0.6 is 22.7 Å². The fourth-order valence-corrected chi connectivity index (χ4v) is 9.31. The third-order valence-corrected chi connectivity index (χ3v) is 12.4. The lowest BCUT2D eigenvalue weighted by atomic mass is 9.90. The van der Waals surface area contributed by atoms with Crippen molar-refractivity contribution in [3.63, 3.8) is 0 Å². The van der Waals surface area contributed by atoms with Crippen molar-refractivity contribution in [1.82, 2.24) is 30.0 Å². The van der Waals surface area contributed by atoms with Crippen molar-refractivity contribution in [2.75, 3.05) is 54.4 Å². The van der Waals surface area contributed by atoms with Crippen LogP contribution in [0.4, 0.5) is 4.79 Å². The number of carbonyl (C=O) groups is 1. The summed E-state index contributed by atoms with van der Waals surface area (Å²) in [6, 6.07) is 13.9. The summed E-state index contributed by atoms with van der Waals surface area (Å²) in [5.74, 6) is 2.18. The van der Waals surface area contributed by atoms with E-state index in [2.05, 4.69) is 107 Å². The summed E-state index contributed by atoms with van der Waals surface area (Å²) in [5.41, 5.74) is 4.28. The molecule has 2 aromatic heterocycles. The molecule has 6 rings (SSSR count). The first-order valence-corrected chi connectivity index (χ1v) is 20.5. The molecule has 4 aromatic rings. The van der Waals surface area contributed by atoms with E-state index in [1.54, 1.807) is 11.3 Å². The lowest BCUT2D eigenvalue weighted by Crippen LogP contribution is -2.44. The Morgan fingerprint density at radius 3 is 1.88 bits per heavy atom. The lowest BCUT2D eigenvalue weighted by Gasteiger charge is -2.39. The lowest BCUT2D eigenvalue weighted by molar-refractivity contribution is 0.00364. The van der Waals surface area contributed by atoms with Gasteiger partial charge >= 0.3 is 6.09 Å². The van der Waals surface area contributed by atoms with Gasteiger partial charge in [-0.15, -0.1) is 22.7 Å². The van der Waals surface area contributed by atoms with E-state index in [1.165, 1.54) is 43.3 Å². The number of thiazole rings is 2. The number of amides is 1. The van der Waals surface area contributed by atoms with Crippen molar-refractivity contribution in [3.05, 3.63) is 57.5 Å². The molecule has 2 saturated heterocycles. The molecule has 51 heavy (non-hydrogen) atoms. The smallest absolute Gasteiger partial charge is 0.410 e. The Hall–Kier alpha value is -2.63. The van der Waals surface area contributed by atoms with Crippen LogP contribution in [0.15, 0.2) is 36.4 Å². The van der Waals surface area contributed by atoms with E-state index in [4.69, 9.17) is 14.7 Å². The van der Waals surface area contributed by atoms with Gasteiger partial charge in [0, 0.05) is 37.5 Å². The summed E-state index contributed by atoms with van der Waals surface area (Å²) < 4.78 is 8.23. The van der Waals surface area contributed by atoms with Crippen LogP contribution < -0.4 is 5.32 Å². The molecule has 0 spiro atoms. The fourth-order valence-electron chi connectivity index (χ4n) is 7.33. The normalized spacial score (nSPS) is 22.6. The zero-order chi connectivity index (χ0) is 37.0. The minimum Gasteiger partial charge on any atom is -0.444 e. The van der Waals surface area contributed by atoms with E-state index in [9.17, 15) is 4.79 Å². The Morgan fingerprint density at radius 1 is 0.843 bits per heavy atom. The third-order valence-electron chi connectivity index (χ3n) is 9.87. The van der Waals surface area contributed by atoms with Crippen LogP contribution in [-0.2, 0) is 4.74 Å². The average molecular weight is 735 g/mol. The molecule has 1 amide bonds. The number of nitrogens with one attached hydrogen (secondary N) is 1. The summed E-state index contributed by atoms with van der Waals surface area (Å²) in [6.07, 6.45) is 4.41. The number of hydrogen-bond donors (Lipinski definition) is 1. The van der Waals surface area contributed by atoms with Crippen molar-refractivity contribution < 1.29 is 9.53 Å². The van der Waals surface area contributed by atoms with Gasteiger partial charge in [-0.1, -0.05) is 39.8 Å². The molecule has 2 aliphatic heterocycles. The number of piperidine rings is 2. The Bertz CT molecular complexity index is 1730. The van der Waals surface area contributed by atoms with Gasteiger partial charge in [-0.25, -0.2) is 14.8 Å². The van der Waals surface area contributed by atoms with Crippen LogP contribution in [0.5, 0.6) is 0 Å². The van der Waals surface area contributed by atoms with Crippen molar-refractivity contribution >= 4 is 49.2 Å². The SMILES string of the molecule is CC(CN(C)C)c1nc2cc([C@H]3CC[C@H](C)CN3)ccc2s1.C[C@H]1CC[C@H](c2ccc3sc([C@@H](C)CN(C)C)nc3c2)N(C(=O)OC(C)(C)C)C1. The second-order valence-corrected chi connectivity index (χ2v) is 19.0. The molecule has 280 valence electrons. The van der Waals surface area contributed by atoms with E-state index in [1.807, 2.05) is 37.0 Å². The van der Waals surface area contributed by atoms with Gasteiger partial charge in [-0.05, 0) is 128 Å². The number of likely N-dealkylation sites (N-methyl/N-ethyl adjacent to an activating group) is 2. The number of carbonyl (C=O) groups excluding carboxylic acids is 1. The van der Waals surface area contributed by atoms with Crippen LogP contribution in [-0.4, -0.2) is 90.7 Å². The quantitative estimate of drug-likeness (QED) is 0.193.